The minimum absolute atomic E-state index is 0.137. The summed E-state index contributed by atoms with van der Waals surface area (Å²) in [5, 5.41) is 2.10. The van der Waals surface area contributed by atoms with Gasteiger partial charge in [-0.05, 0) is 36.8 Å². The standard InChI is InChI=1S/C15H18N2O2S2/c1-15-5-2-13(18)17(15)11(9-21-15)14(19)16-6-3-12-10(8-16)4-7-20-12/h4,7,11H,2-3,5-6,8-9H2,1H3. The van der Waals surface area contributed by atoms with Crippen molar-refractivity contribution in [2.75, 3.05) is 12.3 Å². The van der Waals surface area contributed by atoms with Crippen LogP contribution in [0.5, 0.6) is 0 Å². The highest BCUT2D eigenvalue weighted by Crippen LogP contribution is 2.47. The summed E-state index contributed by atoms with van der Waals surface area (Å²) in [7, 11) is 0. The van der Waals surface area contributed by atoms with E-state index >= 15 is 0 Å². The van der Waals surface area contributed by atoms with Gasteiger partial charge in [-0.15, -0.1) is 23.1 Å². The predicted octanol–water partition coefficient (Wildman–Crippen LogP) is 2.09. The molecule has 6 heteroatoms. The first-order chi connectivity index (χ1) is 10.1. The molecule has 4 nitrogen and oxygen atoms in total. The molecule has 2 atom stereocenters. The molecule has 0 radical (unpaired) electrons. The van der Waals surface area contributed by atoms with Crippen molar-refractivity contribution in [3.8, 4) is 0 Å². The Hall–Kier alpha value is -1.01. The molecule has 2 unspecified atom stereocenters. The van der Waals surface area contributed by atoms with Gasteiger partial charge < -0.3 is 9.80 Å². The van der Waals surface area contributed by atoms with Gasteiger partial charge in [0.25, 0.3) is 0 Å². The quantitative estimate of drug-likeness (QED) is 0.795. The van der Waals surface area contributed by atoms with Crippen molar-refractivity contribution < 1.29 is 9.59 Å². The number of thiophene rings is 1. The summed E-state index contributed by atoms with van der Waals surface area (Å²) < 4.78 is 0. The molecule has 2 amide bonds. The highest BCUT2D eigenvalue weighted by Gasteiger charge is 2.53. The first-order valence-corrected chi connectivity index (χ1v) is 9.25. The summed E-state index contributed by atoms with van der Waals surface area (Å²) in [4.78, 5) is 30.1. The van der Waals surface area contributed by atoms with Crippen molar-refractivity contribution in [1.82, 2.24) is 9.80 Å². The van der Waals surface area contributed by atoms with Gasteiger partial charge in [-0.25, -0.2) is 0 Å². The first-order valence-electron chi connectivity index (χ1n) is 7.39. The number of hydrogen-bond acceptors (Lipinski definition) is 4. The third-order valence-electron chi connectivity index (χ3n) is 4.85. The van der Waals surface area contributed by atoms with E-state index in [0.29, 0.717) is 13.0 Å². The molecular weight excluding hydrogens is 304 g/mol. The van der Waals surface area contributed by atoms with Crippen LogP contribution in [0.2, 0.25) is 0 Å². The van der Waals surface area contributed by atoms with Crippen LogP contribution < -0.4 is 0 Å². The minimum Gasteiger partial charge on any atom is -0.336 e. The number of carbonyl (C=O) groups is 2. The van der Waals surface area contributed by atoms with Crippen LogP contribution in [0.25, 0.3) is 0 Å². The number of rotatable bonds is 1. The molecule has 3 aliphatic heterocycles. The number of thioether (sulfide) groups is 1. The molecule has 2 saturated heterocycles. The smallest absolute Gasteiger partial charge is 0.246 e. The summed E-state index contributed by atoms with van der Waals surface area (Å²) in [6, 6.07) is 1.86. The van der Waals surface area contributed by atoms with E-state index in [1.54, 1.807) is 23.1 Å². The Morgan fingerprint density at radius 3 is 3.14 bits per heavy atom. The fourth-order valence-electron chi connectivity index (χ4n) is 3.65. The Morgan fingerprint density at radius 1 is 1.43 bits per heavy atom. The van der Waals surface area contributed by atoms with Crippen LogP contribution in [-0.4, -0.2) is 44.8 Å². The van der Waals surface area contributed by atoms with Crippen LogP contribution in [0.15, 0.2) is 11.4 Å². The van der Waals surface area contributed by atoms with Crippen molar-refractivity contribution in [3.63, 3.8) is 0 Å². The fraction of sp³-hybridized carbons (Fsp3) is 0.600. The SMILES string of the molecule is CC12CCC(=O)N1C(C(=O)N1CCc3sccc3C1)CS2. The molecule has 21 heavy (non-hydrogen) atoms. The summed E-state index contributed by atoms with van der Waals surface area (Å²) >= 11 is 3.55. The minimum atomic E-state index is -0.254. The van der Waals surface area contributed by atoms with Crippen molar-refractivity contribution in [1.29, 1.82) is 0 Å². The average Bonchev–Trinajstić information content (AvgIpc) is 3.14. The average molecular weight is 322 g/mol. The van der Waals surface area contributed by atoms with E-state index in [4.69, 9.17) is 0 Å². The predicted molar refractivity (Wildman–Crippen MR) is 84.2 cm³/mol. The Morgan fingerprint density at radius 2 is 2.29 bits per heavy atom. The van der Waals surface area contributed by atoms with Gasteiger partial charge in [0.2, 0.25) is 11.8 Å². The maximum Gasteiger partial charge on any atom is 0.246 e. The molecule has 112 valence electrons. The fourth-order valence-corrected chi connectivity index (χ4v) is 5.96. The molecule has 0 spiro atoms. The zero-order chi connectivity index (χ0) is 14.6. The van der Waals surface area contributed by atoms with E-state index < -0.39 is 0 Å². The van der Waals surface area contributed by atoms with E-state index in [1.165, 1.54) is 10.4 Å². The number of amides is 2. The van der Waals surface area contributed by atoms with Crippen molar-refractivity contribution in [3.05, 3.63) is 21.9 Å². The summed E-state index contributed by atoms with van der Waals surface area (Å²) in [6.45, 7) is 3.59. The van der Waals surface area contributed by atoms with E-state index in [2.05, 4.69) is 18.4 Å². The van der Waals surface area contributed by atoms with Crippen LogP contribution >= 0.6 is 23.1 Å². The highest BCUT2D eigenvalue weighted by molar-refractivity contribution is 8.01. The molecule has 0 aliphatic carbocycles. The van der Waals surface area contributed by atoms with E-state index in [9.17, 15) is 9.59 Å². The summed E-state index contributed by atoms with van der Waals surface area (Å²) in [5.41, 5.74) is 1.28. The van der Waals surface area contributed by atoms with Crippen molar-refractivity contribution in [2.45, 2.75) is 43.6 Å². The molecule has 0 N–H and O–H groups in total. The molecule has 0 aromatic carbocycles. The zero-order valence-corrected chi connectivity index (χ0v) is 13.6. The van der Waals surface area contributed by atoms with Gasteiger partial charge in [0, 0.05) is 30.1 Å². The lowest BCUT2D eigenvalue weighted by Crippen LogP contribution is -2.52. The third kappa shape index (κ3) is 2.03. The Balaban J connectivity index is 1.55. The van der Waals surface area contributed by atoms with Gasteiger partial charge in [-0.3, -0.25) is 9.59 Å². The summed E-state index contributed by atoms with van der Waals surface area (Å²) in [5.74, 6) is 1.03. The maximum atomic E-state index is 12.9. The molecule has 4 rings (SSSR count). The van der Waals surface area contributed by atoms with Gasteiger partial charge in [0.1, 0.15) is 6.04 Å². The van der Waals surface area contributed by atoms with Crippen molar-refractivity contribution in [2.24, 2.45) is 0 Å². The topological polar surface area (TPSA) is 40.6 Å². The second kappa shape index (κ2) is 4.74. The molecular formula is C15H18N2O2S2. The molecule has 1 aromatic rings. The molecule has 2 fully saturated rings. The lowest BCUT2D eigenvalue weighted by Gasteiger charge is -2.34. The largest absolute Gasteiger partial charge is 0.336 e. The highest BCUT2D eigenvalue weighted by atomic mass is 32.2. The number of carbonyl (C=O) groups excluding carboxylic acids is 2. The van der Waals surface area contributed by atoms with E-state index in [-0.39, 0.29) is 22.7 Å². The van der Waals surface area contributed by atoms with Crippen LogP contribution in [0, 0.1) is 0 Å². The zero-order valence-electron chi connectivity index (χ0n) is 12.0. The van der Waals surface area contributed by atoms with Crippen molar-refractivity contribution >= 4 is 34.9 Å². The number of fused-ring (bicyclic) bond motifs is 2. The van der Waals surface area contributed by atoms with Gasteiger partial charge >= 0.3 is 0 Å². The molecule has 4 heterocycles. The number of nitrogens with zero attached hydrogens (tertiary/aromatic N) is 2. The molecule has 3 aliphatic rings. The first kappa shape index (κ1) is 13.6. The van der Waals surface area contributed by atoms with E-state index in [1.807, 2.05) is 9.80 Å². The van der Waals surface area contributed by atoms with Gasteiger partial charge in [-0.1, -0.05) is 0 Å². The van der Waals surface area contributed by atoms with Gasteiger partial charge in [-0.2, -0.15) is 0 Å². The Kier molecular flexibility index (Phi) is 3.08. The summed E-state index contributed by atoms with van der Waals surface area (Å²) in [6.07, 6.45) is 2.40. The van der Waals surface area contributed by atoms with Gasteiger partial charge in [0.15, 0.2) is 0 Å². The third-order valence-corrected chi connectivity index (χ3v) is 7.38. The monoisotopic (exact) mass is 322 g/mol. The van der Waals surface area contributed by atoms with Crippen LogP contribution in [0.4, 0.5) is 0 Å². The molecule has 0 bridgehead atoms. The van der Waals surface area contributed by atoms with Gasteiger partial charge in [0.05, 0.1) is 4.87 Å². The molecule has 1 aromatic heterocycles. The van der Waals surface area contributed by atoms with Crippen LogP contribution in [-0.2, 0) is 22.6 Å². The lowest BCUT2D eigenvalue weighted by molar-refractivity contribution is -0.144. The molecule has 0 saturated carbocycles. The Labute approximate surface area is 132 Å². The van der Waals surface area contributed by atoms with Crippen LogP contribution in [0.1, 0.15) is 30.2 Å². The maximum absolute atomic E-state index is 12.9. The number of hydrogen-bond donors (Lipinski definition) is 0. The lowest BCUT2D eigenvalue weighted by atomic mass is 10.1. The Bertz CT molecular complexity index is 615. The second-order valence-corrected chi connectivity index (χ2v) is 8.65. The van der Waals surface area contributed by atoms with E-state index in [0.717, 1.165) is 25.1 Å². The van der Waals surface area contributed by atoms with Crippen LogP contribution in [0.3, 0.4) is 0 Å². The second-order valence-electron chi connectivity index (χ2n) is 6.14. The normalized spacial score (nSPS) is 31.5.